The van der Waals surface area contributed by atoms with Crippen LogP contribution in [0.25, 0.3) is 0 Å². The first-order valence-corrected chi connectivity index (χ1v) is 1.87. The monoisotopic (exact) mass is 82.1 g/mol. The molecule has 0 aliphatic carbocycles. The summed E-state index contributed by atoms with van der Waals surface area (Å²) < 4.78 is 0. The van der Waals surface area contributed by atoms with E-state index in [9.17, 15) is 0 Å². The van der Waals surface area contributed by atoms with Gasteiger partial charge in [0.2, 0.25) is 0 Å². The van der Waals surface area contributed by atoms with Crippen LogP contribution < -0.4 is 11.0 Å². The molecule has 32 valence electrons. The van der Waals surface area contributed by atoms with Gasteiger partial charge in [0.15, 0.2) is 0 Å². The molecule has 0 rings (SSSR count). The topological polar surface area (TPSA) is 38.0 Å². The summed E-state index contributed by atoms with van der Waals surface area (Å²) in [6.45, 7) is 0.524. The van der Waals surface area contributed by atoms with Crippen molar-refractivity contribution in [2.24, 2.45) is 5.73 Å². The van der Waals surface area contributed by atoms with Crippen molar-refractivity contribution in [2.75, 3.05) is 6.54 Å². The molecule has 0 unspecified atom stereocenters. The molecule has 0 aliphatic heterocycles. The van der Waals surface area contributed by atoms with Crippen LogP contribution in [-0.4, -0.2) is 27.6 Å². The second-order valence-corrected chi connectivity index (χ2v) is 1.06. The van der Waals surface area contributed by atoms with Gasteiger partial charge in [-0.25, -0.2) is 0 Å². The molecule has 0 aliphatic rings. The standard InChI is InChI=1S/C2H8B2N2/c3-2(1-5)6-4/h3,6H,1,4-5H2. The quantitative estimate of drug-likeness (QED) is 0.351. The predicted octanol–water partition coefficient (Wildman–Crippen LogP) is -2.89. The average Bonchev–Trinajstić information content (AvgIpc) is 1.65. The maximum absolute atomic E-state index is 5.12. The van der Waals surface area contributed by atoms with Crippen LogP contribution >= 0.6 is 0 Å². The molecule has 2 nitrogen and oxygen atoms in total. The molecule has 3 N–H and O–H groups in total. The Morgan fingerprint density at radius 1 is 2.00 bits per heavy atom. The van der Waals surface area contributed by atoms with E-state index < -0.39 is 0 Å². The summed E-state index contributed by atoms with van der Waals surface area (Å²) in [5.74, 6) is 0. The van der Waals surface area contributed by atoms with Gasteiger partial charge in [0.05, 0.1) is 0 Å². The van der Waals surface area contributed by atoms with E-state index in [0.717, 1.165) is 5.59 Å². The Morgan fingerprint density at radius 3 is 2.50 bits per heavy atom. The summed E-state index contributed by atoms with van der Waals surface area (Å²) in [7, 11) is 5.36. The normalized spacial score (nSPS) is 7.33. The first-order chi connectivity index (χ1) is 2.81. The van der Waals surface area contributed by atoms with Gasteiger partial charge in [-0.05, 0) is 0 Å². The van der Waals surface area contributed by atoms with Gasteiger partial charge >= 0.3 is 38.6 Å². The van der Waals surface area contributed by atoms with Gasteiger partial charge in [-0.15, -0.1) is 0 Å². The van der Waals surface area contributed by atoms with Crippen LogP contribution in [0.4, 0.5) is 0 Å². The van der Waals surface area contributed by atoms with Crippen LogP contribution in [0.3, 0.4) is 0 Å². The zero-order valence-electron chi connectivity index (χ0n) is 3.99. The second-order valence-electron chi connectivity index (χ2n) is 1.06. The molecule has 4 heteroatoms. The van der Waals surface area contributed by atoms with E-state index in [1.165, 1.54) is 0 Å². The van der Waals surface area contributed by atoms with Crippen molar-refractivity contribution in [2.45, 2.75) is 0 Å². The SMILES string of the molecule is B=C(CN)NB. The van der Waals surface area contributed by atoms with Gasteiger partial charge in [0.1, 0.15) is 0 Å². The van der Waals surface area contributed by atoms with Crippen molar-refractivity contribution in [3.63, 3.8) is 0 Å². The van der Waals surface area contributed by atoms with Crippen molar-refractivity contribution in [1.82, 2.24) is 5.23 Å². The summed E-state index contributed by atoms with van der Waals surface area (Å²) in [4.78, 5) is 0. The Morgan fingerprint density at radius 2 is 2.50 bits per heavy atom. The van der Waals surface area contributed by atoms with Gasteiger partial charge in [-0.3, -0.25) is 0 Å². The Kier molecular flexibility index (Phi) is 2.85. The van der Waals surface area contributed by atoms with Gasteiger partial charge in [-0.1, -0.05) is 0 Å². The van der Waals surface area contributed by atoms with E-state index in [2.05, 4.69) is 12.7 Å². The first kappa shape index (κ1) is 5.76. The Balaban J connectivity index is 2.99. The van der Waals surface area contributed by atoms with Gasteiger partial charge in [-0.2, -0.15) is 0 Å². The summed E-state index contributed by atoms with van der Waals surface area (Å²) in [5, 5.41) is 2.80. The third-order valence-corrected chi connectivity index (χ3v) is 0.600. The number of nitrogens with one attached hydrogen (secondary N) is 1. The molecule has 0 spiro atoms. The van der Waals surface area contributed by atoms with Gasteiger partial charge in [0, 0.05) is 0 Å². The van der Waals surface area contributed by atoms with Crippen molar-refractivity contribution in [3.05, 3.63) is 0 Å². The number of hydrogen-bond acceptors (Lipinski definition) is 2. The summed E-state index contributed by atoms with van der Waals surface area (Å²) in [6, 6.07) is 0. The Labute approximate surface area is 39.6 Å². The molecule has 0 aromatic heterocycles. The van der Waals surface area contributed by atoms with Crippen molar-refractivity contribution >= 4 is 21.1 Å². The molecule has 0 heterocycles. The summed E-state index contributed by atoms with van der Waals surface area (Å²) in [6.07, 6.45) is 0. The van der Waals surface area contributed by atoms with Crippen molar-refractivity contribution < 1.29 is 0 Å². The number of rotatable bonds is 2. The fourth-order valence-electron chi connectivity index (χ4n) is 0.102. The zero-order chi connectivity index (χ0) is 4.99. The van der Waals surface area contributed by atoms with Crippen LogP contribution in [0.2, 0.25) is 0 Å². The van der Waals surface area contributed by atoms with E-state index >= 15 is 0 Å². The molecule has 6 heavy (non-hydrogen) atoms. The average molecular weight is 81.7 g/mol. The second kappa shape index (κ2) is 2.97. The Hall–Kier alpha value is -0.240. The van der Waals surface area contributed by atoms with Crippen LogP contribution in [-0.2, 0) is 0 Å². The molecule has 0 bridgehead atoms. The fraction of sp³-hybridized carbons (Fsp3) is 0.500. The van der Waals surface area contributed by atoms with Crippen LogP contribution in [0.15, 0.2) is 0 Å². The molecule has 0 saturated carbocycles. The molecule has 0 saturated heterocycles. The van der Waals surface area contributed by atoms with E-state index in [0.29, 0.717) is 6.54 Å². The van der Waals surface area contributed by atoms with Crippen molar-refractivity contribution in [3.8, 4) is 0 Å². The van der Waals surface area contributed by atoms with Crippen LogP contribution in [0.1, 0.15) is 0 Å². The van der Waals surface area contributed by atoms with Crippen LogP contribution in [0.5, 0.6) is 0 Å². The predicted molar refractivity (Wildman–Crippen MR) is 32.9 cm³/mol. The third kappa shape index (κ3) is 2.03. The first-order valence-electron chi connectivity index (χ1n) is 1.87. The molecular weight excluding hydrogens is 73.7 g/mol. The van der Waals surface area contributed by atoms with E-state index in [1.54, 1.807) is 7.98 Å². The van der Waals surface area contributed by atoms with E-state index in [4.69, 9.17) is 5.73 Å². The molecule has 0 amide bonds. The molecule has 0 atom stereocenters. The summed E-state index contributed by atoms with van der Waals surface area (Å²) >= 11 is 0. The molecule has 0 radical (unpaired) electrons. The Bertz CT molecular complexity index is 47.5. The minimum atomic E-state index is 0.524. The van der Waals surface area contributed by atoms with Gasteiger partial charge < -0.3 is 0 Å². The van der Waals surface area contributed by atoms with Gasteiger partial charge in [0.25, 0.3) is 0 Å². The molecular formula is C2H8B2N2. The molecule has 0 aromatic rings. The number of nitrogens with two attached hydrogens (primary N) is 1. The third-order valence-electron chi connectivity index (χ3n) is 0.600. The fourth-order valence-corrected chi connectivity index (χ4v) is 0.102. The van der Waals surface area contributed by atoms with E-state index in [1.807, 2.05) is 0 Å². The van der Waals surface area contributed by atoms with Crippen molar-refractivity contribution in [1.29, 1.82) is 0 Å². The molecule has 0 fully saturated rings. The van der Waals surface area contributed by atoms with E-state index in [-0.39, 0.29) is 0 Å². The number of hydrogen-bond donors (Lipinski definition) is 2. The maximum atomic E-state index is 5.12. The zero-order valence-corrected chi connectivity index (χ0v) is 3.99. The van der Waals surface area contributed by atoms with Crippen LogP contribution in [0, 0.1) is 0 Å². The minimum absolute atomic E-state index is 0.524. The summed E-state index contributed by atoms with van der Waals surface area (Å²) in [5.41, 5.74) is 5.99. The molecule has 0 aromatic carbocycles.